The summed E-state index contributed by atoms with van der Waals surface area (Å²) in [5, 5.41) is 0. The summed E-state index contributed by atoms with van der Waals surface area (Å²) in [4.78, 5) is 8.44. The van der Waals surface area contributed by atoms with Crippen LogP contribution in [0.3, 0.4) is 0 Å². The van der Waals surface area contributed by atoms with E-state index in [2.05, 4.69) is 9.98 Å². The van der Waals surface area contributed by atoms with E-state index in [4.69, 9.17) is 5.73 Å². The quantitative estimate of drug-likeness (QED) is 0.694. The molecule has 1 unspecified atom stereocenters. The van der Waals surface area contributed by atoms with Crippen LogP contribution in [0, 0.1) is 0 Å². The molecule has 0 radical (unpaired) electrons. The number of hydrogen-bond donors (Lipinski definition) is 1. The second kappa shape index (κ2) is 3.49. The molecule has 66 valence electrons. The summed E-state index contributed by atoms with van der Waals surface area (Å²) in [6, 6.07) is 5.84. The Hall–Kier alpha value is -1.48. The van der Waals surface area contributed by atoms with Gasteiger partial charge in [0, 0.05) is 24.9 Å². The Morgan fingerprint density at radius 3 is 3.00 bits per heavy atom. The first-order valence-corrected chi connectivity index (χ1v) is 4.27. The average Bonchev–Trinajstić information content (AvgIpc) is 2.19. The van der Waals surface area contributed by atoms with Crippen molar-refractivity contribution in [2.24, 2.45) is 10.7 Å². The molecule has 2 N–H and O–H groups in total. The molecule has 0 bridgehead atoms. The molecule has 1 atom stereocenters. The van der Waals surface area contributed by atoms with Crippen LogP contribution < -0.4 is 5.73 Å². The lowest BCUT2D eigenvalue weighted by Crippen LogP contribution is -2.19. The molecule has 0 fully saturated rings. The van der Waals surface area contributed by atoms with Gasteiger partial charge in [-0.2, -0.15) is 0 Å². The first-order chi connectivity index (χ1) is 6.36. The molecule has 2 heterocycles. The highest BCUT2D eigenvalue weighted by molar-refractivity contribution is 5.76. The van der Waals surface area contributed by atoms with Crippen molar-refractivity contribution in [2.45, 2.75) is 12.5 Å². The largest absolute Gasteiger partial charge is 0.324 e. The van der Waals surface area contributed by atoms with Gasteiger partial charge < -0.3 is 5.73 Å². The van der Waals surface area contributed by atoms with Crippen LogP contribution in [0.1, 0.15) is 12.1 Å². The number of aromatic nitrogens is 1. The SMILES string of the molecule is NC1C=C(c2ccccn2)N=CC1. The molecule has 0 amide bonds. The fourth-order valence-electron chi connectivity index (χ4n) is 1.25. The Labute approximate surface area is 77.0 Å². The molecule has 1 aromatic rings. The van der Waals surface area contributed by atoms with Crippen molar-refractivity contribution in [1.29, 1.82) is 0 Å². The second-order valence-corrected chi connectivity index (χ2v) is 2.98. The van der Waals surface area contributed by atoms with Crippen molar-refractivity contribution in [3.63, 3.8) is 0 Å². The molecule has 13 heavy (non-hydrogen) atoms. The Balaban J connectivity index is 2.32. The first kappa shape index (κ1) is 8.13. The molecule has 1 aliphatic rings. The van der Waals surface area contributed by atoms with E-state index in [-0.39, 0.29) is 6.04 Å². The lowest BCUT2D eigenvalue weighted by atomic mass is 10.1. The van der Waals surface area contributed by atoms with E-state index in [9.17, 15) is 0 Å². The van der Waals surface area contributed by atoms with Gasteiger partial charge >= 0.3 is 0 Å². The van der Waals surface area contributed by atoms with Crippen LogP contribution in [0.4, 0.5) is 0 Å². The number of pyridine rings is 1. The zero-order valence-electron chi connectivity index (χ0n) is 7.22. The number of nitrogens with zero attached hydrogens (tertiary/aromatic N) is 2. The summed E-state index contributed by atoms with van der Waals surface area (Å²) in [6.45, 7) is 0. The Kier molecular flexibility index (Phi) is 2.19. The Morgan fingerprint density at radius 2 is 2.31 bits per heavy atom. The molecule has 0 aliphatic carbocycles. The summed E-state index contributed by atoms with van der Waals surface area (Å²) in [7, 11) is 0. The van der Waals surface area contributed by atoms with Gasteiger partial charge in [-0.1, -0.05) is 6.07 Å². The number of hydrogen-bond acceptors (Lipinski definition) is 3. The van der Waals surface area contributed by atoms with Gasteiger partial charge in [0.25, 0.3) is 0 Å². The molecule has 0 saturated carbocycles. The van der Waals surface area contributed by atoms with Crippen molar-refractivity contribution >= 4 is 11.9 Å². The minimum atomic E-state index is 0.0782. The maximum Gasteiger partial charge on any atom is 0.0883 e. The standard InChI is InChI=1S/C10H11N3/c11-8-4-6-13-10(7-8)9-3-1-2-5-12-9/h1-3,5-8H,4,11H2. The molecular formula is C10H11N3. The summed E-state index contributed by atoms with van der Waals surface area (Å²) >= 11 is 0. The van der Waals surface area contributed by atoms with E-state index in [0.717, 1.165) is 17.8 Å². The summed E-state index contributed by atoms with van der Waals surface area (Å²) < 4.78 is 0. The van der Waals surface area contributed by atoms with E-state index in [0.29, 0.717) is 0 Å². The predicted octanol–water partition coefficient (Wildman–Crippen LogP) is 1.22. The highest BCUT2D eigenvalue weighted by Gasteiger charge is 2.07. The second-order valence-electron chi connectivity index (χ2n) is 2.98. The summed E-state index contributed by atoms with van der Waals surface area (Å²) in [6.07, 6.45) is 6.36. The van der Waals surface area contributed by atoms with Crippen LogP contribution in [-0.4, -0.2) is 17.2 Å². The van der Waals surface area contributed by atoms with Gasteiger partial charge in [-0.25, -0.2) is 0 Å². The minimum absolute atomic E-state index is 0.0782. The van der Waals surface area contributed by atoms with Gasteiger partial charge in [0.2, 0.25) is 0 Å². The van der Waals surface area contributed by atoms with E-state index in [1.165, 1.54) is 0 Å². The third-order valence-electron chi connectivity index (χ3n) is 1.91. The Bertz CT molecular complexity index is 340. The smallest absolute Gasteiger partial charge is 0.0883 e. The molecule has 1 aliphatic heterocycles. The fraction of sp³-hybridized carbons (Fsp3) is 0.200. The van der Waals surface area contributed by atoms with Crippen molar-refractivity contribution in [3.05, 3.63) is 36.2 Å². The number of nitrogens with two attached hydrogens (primary N) is 1. The van der Waals surface area contributed by atoms with Gasteiger partial charge in [-0.15, -0.1) is 0 Å². The van der Waals surface area contributed by atoms with Gasteiger partial charge in [0.1, 0.15) is 0 Å². The normalized spacial score (nSPS) is 21.3. The lowest BCUT2D eigenvalue weighted by Gasteiger charge is -2.10. The van der Waals surface area contributed by atoms with E-state index >= 15 is 0 Å². The van der Waals surface area contributed by atoms with Crippen molar-refractivity contribution in [3.8, 4) is 0 Å². The molecule has 2 rings (SSSR count). The predicted molar refractivity (Wildman–Crippen MR) is 53.3 cm³/mol. The van der Waals surface area contributed by atoms with Crippen molar-refractivity contribution in [1.82, 2.24) is 4.98 Å². The summed E-state index contributed by atoms with van der Waals surface area (Å²) in [5.74, 6) is 0. The number of aliphatic imine (C=N–C) groups is 1. The third kappa shape index (κ3) is 1.81. The average molecular weight is 173 g/mol. The van der Waals surface area contributed by atoms with E-state index < -0.39 is 0 Å². The Morgan fingerprint density at radius 1 is 1.38 bits per heavy atom. The highest BCUT2D eigenvalue weighted by Crippen LogP contribution is 2.16. The van der Waals surface area contributed by atoms with Crippen LogP contribution in [-0.2, 0) is 0 Å². The lowest BCUT2D eigenvalue weighted by molar-refractivity contribution is 0.859. The van der Waals surface area contributed by atoms with Gasteiger partial charge in [0.05, 0.1) is 11.4 Å². The van der Waals surface area contributed by atoms with Gasteiger partial charge in [-0.3, -0.25) is 9.98 Å². The zero-order valence-corrected chi connectivity index (χ0v) is 7.22. The zero-order chi connectivity index (χ0) is 9.10. The minimum Gasteiger partial charge on any atom is -0.324 e. The van der Waals surface area contributed by atoms with Crippen LogP contribution >= 0.6 is 0 Å². The van der Waals surface area contributed by atoms with Crippen molar-refractivity contribution < 1.29 is 0 Å². The van der Waals surface area contributed by atoms with Crippen LogP contribution in [0.2, 0.25) is 0 Å². The maximum atomic E-state index is 5.77. The van der Waals surface area contributed by atoms with E-state index in [1.807, 2.05) is 30.5 Å². The first-order valence-electron chi connectivity index (χ1n) is 4.27. The molecule has 1 aromatic heterocycles. The highest BCUT2D eigenvalue weighted by atomic mass is 14.8. The van der Waals surface area contributed by atoms with Crippen LogP contribution in [0.5, 0.6) is 0 Å². The number of rotatable bonds is 1. The fourth-order valence-corrected chi connectivity index (χ4v) is 1.25. The monoisotopic (exact) mass is 173 g/mol. The van der Waals surface area contributed by atoms with E-state index in [1.54, 1.807) is 6.20 Å². The van der Waals surface area contributed by atoms with Gasteiger partial charge in [0.15, 0.2) is 0 Å². The molecule has 0 saturated heterocycles. The molecule has 3 heteroatoms. The van der Waals surface area contributed by atoms with Crippen molar-refractivity contribution in [2.75, 3.05) is 0 Å². The molecular weight excluding hydrogens is 162 g/mol. The van der Waals surface area contributed by atoms with Gasteiger partial charge in [-0.05, 0) is 18.2 Å². The summed E-state index contributed by atoms with van der Waals surface area (Å²) in [5.41, 5.74) is 7.52. The third-order valence-corrected chi connectivity index (χ3v) is 1.91. The van der Waals surface area contributed by atoms with Crippen LogP contribution in [0.15, 0.2) is 35.5 Å². The topological polar surface area (TPSA) is 51.3 Å². The molecule has 0 spiro atoms. The van der Waals surface area contributed by atoms with Crippen LogP contribution in [0.25, 0.3) is 5.70 Å². The molecule has 3 nitrogen and oxygen atoms in total. The molecule has 0 aromatic carbocycles. The maximum absolute atomic E-state index is 5.77.